The van der Waals surface area contributed by atoms with Crippen molar-refractivity contribution in [3.05, 3.63) is 28.6 Å². The molecule has 0 amide bonds. The largest absolute Gasteiger partial charge is 0.496 e. The van der Waals surface area contributed by atoms with E-state index in [0.717, 1.165) is 0 Å². The molecule has 1 aromatic heterocycles. The summed E-state index contributed by atoms with van der Waals surface area (Å²) in [4.78, 5) is 11.9. The minimum Gasteiger partial charge on any atom is -0.496 e. The molecule has 0 saturated carbocycles. The third-order valence-corrected chi connectivity index (χ3v) is 3.27. The number of ether oxygens (including phenoxy) is 3. The van der Waals surface area contributed by atoms with Crippen LogP contribution < -0.4 is 25.5 Å². The summed E-state index contributed by atoms with van der Waals surface area (Å²) in [5, 5.41) is 4.32. The number of methoxy groups -OCH3 is 3. The molecule has 0 saturated heterocycles. The summed E-state index contributed by atoms with van der Waals surface area (Å²) in [5.74, 6) is 1.63. The number of rotatable bonds is 5. The van der Waals surface area contributed by atoms with Gasteiger partial charge in [-0.05, 0) is 13.0 Å². The van der Waals surface area contributed by atoms with Crippen LogP contribution in [-0.2, 0) is 6.54 Å². The molecule has 7 nitrogen and oxygen atoms in total. The Morgan fingerprint density at radius 3 is 2.14 bits per heavy atom. The SMILES string of the molecule is CCn1nc(-c2c(OC)cc(OC)cc2OC)cc(N)c1=O. The topological polar surface area (TPSA) is 88.6 Å². The van der Waals surface area contributed by atoms with Crippen LogP contribution in [0.1, 0.15) is 6.92 Å². The molecule has 7 heteroatoms. The van der Waals surface area contributed by atoms with Crippen molar-refractivity contribution in [1.29, 1.82) is 0 Å². The summed E-state index contributed by atoms with van der Waals surface area (Å²) < 4.78 is 17.3. The molecular weight excluding hydrogens is 286 g/mol. The van der Waals surface area contributed by atoms with Gasteiger partial charge < -0.3 is 19.9 Å². The van der Waals surface area contributed by atoms with Crippen LogP contribution in [0.2, 0.25) is 0 Å². The Hall–Kier alpha value is -2.70. The Morgan fingerprint density at radius 1 is 1.09 bits per heavy atom. The molecule has 2 aromatic rings. The number of nitrogens with zero attached hydrogens (tertiary/aromatic N) is 2. The van der Waals surface area contributed by atoms with Gasteiger partial charge in [-0.1, -0.05) is 0 Å². The number of nitrogens with two attached hydrogens (primary N) is 1. The number of nitrogen functional groups attached to an aromatic ring is 1. The average molecular weight is 305 g/mol. The summed E-state index contributed by atoms with van der Waals surface area (Å²) in [5.41, 5.74) is 6.70. The second-order valence-electron chi connectivity index (χ2n) is 4.51. The maximum atomic E-state index is 11.9. The first-order valence-electron chi connectivity index (χ1n) is 6.73. The maximum absolute atomic E-state index is 11.9. The van der Waals surface area contributed by atoms with Gasteiger partial charge in [-0.3, -0.25) is 4.79 Å². The van der Waals surface area contributed by atoms with E-state index in [0.29, 0.717) is 35.1 Å². The summed E-state index contributed by atoms with van der Waals surface area (Å²) in [6.07, 6.45) is 0. The van der Waals surface area contributed by atoms with E-state index in [1.165, 1.54) is 25.0 Å². The van der Waals surface area contributed by atoms with Gasteiger partial charge >= 0.3 is 0 Å². The number of aromatic nitrogens is 2. The van der Waals surface area contributed by atoms with E-state index in [-0.39, 0.29) is 11.2 Å². The van der Waals surface area contributed by atoms with Gasteiger partial charge in [0.05, 0.1) is 26.9 Å². The number of benzene rings is 1. The number of hydrogen-bond donors (Lipinski definition) is 1. The Morgan fingerprint density at radius 2 is 1.68 bits per heavy atom. The predicted molar refractivity (Wildman–Crippen MR) is 83.7 cm³/mol. The van der Waals surface area contributed by atoms with Crippen LogP contribution >= 0.6 is 0 Å². The quantitative estimate of drug-likeness (QED) is 0.901. The van der Waals surface area contributed by atoms with E-state index in [2.05, 4.69) is 5.10 Å². The van der Waals surface area contributed by atoms with Crippen molar-refractivity contribution in [2.24, 2.45) is 0 Å². The van der Waals surface area contributed by atoms with Crippen LogP contribution in [0.4, 0.5) is 5.69 Å². The van der Waals surface area contributed by atoms with Gasteiger partial charge in [-0.25, -0.2) is 4.68 Å². The zero-order chi connectivity index (χ0) is 16.3. The molecule has 0 aliphatic heterocycles. The summed E-state index contributed by atoms with van der Waals surface area (Å²) >= 11 is 0. The second kappa shape index (κ2) is 6.38. The lowest BCUT2D eigenvalue weighted by atomic mass is 10.1. The molecule has 0 spiro atoms. The van der Waals surface area contributed by atoms with E-state index in [9.17, 15) is 4.79 Å². The molecule has 0 aliphatic rings. The molecule has 22 heavy (non-hydrogen) atoms. The molecule has 2 N–H and O–H groups in total. The van der Waals surface area contributed by atoms with Gasteiger partial charge in [0, 0.05) is 18.7 Å². The first-order chi connectivity index (χ1) is 10.5. The van der Waals surface area contributed by atoms with Crippen LogP contribution in [0.15, 0.2) is 23.0 Å². The van der Waals surface area contributed by atoms with Gasteiger partial charge in [0.15, 0.2) is 0 Å². The van der Waals surface area contributed by atoms with Crippen molar-refractivity contribution >= 4 is 5.69 Å². The van der Waals surface area contributed by atoms with Crippen molar-refractivity contribution < 1.29 is 14.2 Å². The van der Waals surface area contributed by atoms with Gasteiger partial charge in [-0.2, -0.15) is 5.10 Å². The van der Waals surface area contributed by atoms with E-state index in [1.54, 1.807) is 19.2 Å². The normalized spacial score (nSPS) is 10.4. The highest BCUT2D eigenvalue weighted by atomic mass is 16.5. The predicted octanol–water partition coefficient (Wildman–Crippen LogP) is 1.54. The van der Waals surface area contributed by atoms with Gasteiger partial charge in [-0.15, -0.1) is 0 Å². The molecule has 0 radical (unpaired) electrons. The summed E-state index contributed by atoms with van der Waals surface area (Å²) in [6, 6.07) is 4.95. The molecule has 0 fully saturated rings. The molecule has 1 aromatic carbocycles. The molecule has 0 aliphatic carbocycles. The highest BCUT2D eigenvalue weighted by Gasteiger charge is 2.18. The summed E-state index contributed by atoms with van der Waals surface area (Å²) in [6.45, 7) is 2.23. The minimum absolute atomic E-state index is 0.117. The highest BCUT2D eigenvalue weighted by molar-refractivity contribution is 5.77. The number of hydrogen-bond acceptors (Lipinski definition) is 6. The van der Waals surface area contributed by atoms with Crippen LogP contribution in [0.25, 0.3) is 11.3 Å². The smallest absolute Gasteiger partial charge is 0.289 e. The molecule has 0 atom stereocenters. The Kier molecular flexibility index (Phi) is 4.55. The van der Waals surface area contributed by atoms with Crippen LogP contribution in [0.5, 0.6) is 17.2 Å². The molecule has 0 bridgehead atoms. The van der Waals surface area contributed by atoms with Crippen LogP contribution in [0, 0.1) is 0 Å². The van der Waals surface area contributed by atoms with Crippen molar-refractivity contribution in [1.82, 2.24) is 9.78 Å². The maximum Gasteiger partial charge on any atom is 0.289 e. The van der Waals surface area contributed by atoms with Crippen LogP contribution in [0.3, 0.4) is 0 Å². The molecule has 1 heterocycles. The third kappa shape index (κ3) is 2.69. The minimum atomic E-state index is -0.322. The second-order valence-corrected chi connectivity index (χ2v) is 4.51. The molecule has 2 rings (SSSR count). The first kappa shape index (κ1) is 15.7. The van der Waals surface area contributed by atoms with E-state index in [1.807, 2.05) is 6.92 Å². The van der Waals surface area contributed by atoms with E-state index < -0.39 is 0 Å². The Bertz CT molecular complexity index is 715. The molecule has 0 unspecified atom stereocenters. The van der Waals surface area contributed by atoms with Crippen molar-refractivity contribution in [2.45, 2.75) is 13.5 Å². The lowest BCUT2D eigenvalue weighted by Crippen LogP contribution is -2.25. The number of aryl methyl sites for hydroxylation is 1. The van der Waals surface area contributed by atoms with Crippen molar-refractivity contribution in [2.75, 3.05) is 27.1 Å². The molecular formula is C15H19N3O4. The number of anilines is 1. The van der Waals surface area contributed by atoms with E-state index in [4.69, 9.17) is 19.9 Å². The van der Waals surface area contributed by atoms with Crippen molar-refractivity contribution in [3.8, 4) is 28.5 Å². The highest BCUT2D eigenvalue weighted by Crippen LogP contribution is 2.40. The van der Waals surface area contributed by atoms with Gasteiger partial charge in [0.1, 0.15) is 28.6 Å². The van der Waals surface area contributed by atoms with Crippen LogP contribution in [-0.4, -0.2) is 31.1 Å². The van der Waals surface area contributed by atoms with Gasteiger partial charge in [0.2, 0.25) is 0 Å². The lowest BCUT2D eigenvalue weighted by molar-refractivity contribution is 0.377. The monoisotopic (exact) mass is 305 g/mol. The zero-order valence-corrected chi connectivity index (χ0v) is 13.0. The van der Waals surface area contributed by atoms with Crippen molar-refractivity contribution in [3.63, 3.8) is 0 Å². The van der Waals surface area contributed by atoms with Gasteiger partial charge in [0.25, 0.3) is 5.56 Å². The lowest BCUT2D eigenvalue weighted by Gasteiger charge is -2.15. The standard InChI is InChI=1S/C15H19N3O4/c1-5-18-15(19)10(16)8-11(17-18)14-12(21-3)6-9(20-2)7-13(14)22-4/h6-8H,5,16H2,1-4H3. The first-order valence-corrected chi connectivity index (χ1v) is 6.73. The molecule has 118 valence electrons. The fraction of sp³-hybridized carbons (Fsp3) is 0.333. The third-order valence-electron chi connectivity index (χ3n) is 3.27. The fourth-order valence-corrected chi connectivity index (χ4v) is 2.16. The Balaban J connectivity index is 2.76. The average Bonchev–Trinajstić information content (AvgIpc) is 2.55. The van der Waals surface area contributed by atoms with E-state index >= 15 is 0 Å². The Labute approximate surface area is 128 Å². The summed E-state index contributed by atoms with van der Waals surface area (Å²) in [7, 11) is 4.63. The fourth-order valence-electron chi connectivity index (χ4n) is 2.16. The zero-order valence-electron chi connectivity index (χ0n) is 13.0.